The molecule has 2 heterocycles. The zero-order valence-electron chi connectivity index (χ0n) is 22.6. The number of benzene rings is 2. The fourth-order valence-corrected chi connectivity index (χ4v) is 6.49. The molecule has 9 heteroatoms. The number of amides is 1. The molecule has 0 bridgehead atoms. The number of morpholine rings is 1. The van der Waals surface area contributed by atoms with Gasteiger partial charge in [-0.15, -0.1) is 11.3 Å². The predicted molar refractivity (Wildman–Crippen MR) is 151 cm³/mol. The maximum Gasteiger partial charge on any atom is 0.304 e. The van der Waals surface area contributed by atoms with E-state index in [1.807, 2.05) is 53.9 Å². The van der Waals surface area contributed by atoms with Crippen LogP contribution in [-0.2, 0) is 27.2 Å². The molecule has 206 valence electrons. The topological polar surface area (TPSA) is 89.0 Å². The van der Waals surface area contributed by atoms with Gasteiger partial charge >= 0.3 is 5.97 Å². The second kappa shape index (κ2) is 11.5. The molecule has 1 N–H and O–H groups in total. The largest absolute Gasteiger partial charge is 0.493 e. The molecule has 1 saturated heterocycles. The molecule has 39 heavy (non-hydrogen) atoms. The average Bonchev–Trinajstić information content (AvgIpc) is 3.56. The first kappa shape index (κ1) is 27.3. The summed E-state index contributed by atoms with van der Waals surface area (Å²) in [7, 11) is 3.97. The molecular weight excluding hydrogens is 514 g/mol. The lowest BCUT2D eigenvalue weighted by molar-refractivity contribution is -0.917. The van der Waals surface area contributed by atoms with Crippen molar-refractivity contribution in [1.29, 1.82) is 0 Å². The summed E-state index contributed by atoms with van der Waals surface area (Å²) in [5, 5.41) is 12.1. The molecule has 1 aromatic heterocycles. The Bertz CT molecular complexity index is 1290. The number of carbonyl (C=O) groups is 2. The van der Waals surface area contributed by atoms with Crippen LogP contribution in [0.2, 0.25) is 0 Å². The number of fused-ring (bicyclic) bond motifs is 1. The van der Waals surface area contributed by atoms with Gasteiger partial charge < -0.3 is 19.1 Å². The number of nitrogens with zero attached hydrogens (tertiary/aromatic N) is 3. The number of anilines is 1. The van der Waals surface area contributed by atoms with Gasteiger partial charge in [0.2, 0.25) is 5.91 Å². The minimum absolute atomic E-state index is 0.209. The van der Waals surface area contributed by atoms with Crippen LogP contribution < -0.4 is 9.64 Å². The molecule has 0 unspecified atom stereocenters. The summed E-state index contributed by atoms with van der Waals surface area (Å²) in [4.78, 5) is 31.7. The van der Waals surface area contributed by atoms with E-state index in [0.717, 1.165) is 71.9 Å². The van der Waals surface area contributed by atoms with Crippen LogP contribution in [0.1, 0.15) is 24.0 Å². The number of rotatable bonds is 10. The van der Waals surface area contributed by atoms with Crippen molar-refractivity contribution >= 4 is 28.3 Å². The smallest absolute Gasteiger partial charge is 0.304 e. The predicted octanol–water partition coefficient (Wildman–Crippen LogP) is 4.28. The minimum atomic E-state index is -1.00. The number of carboxylic acid groups (broad SMARTS) is 1. The van der Waals surface area contributed by atoms with Crippen LogP contribution in [0.3, 0.4) is 0 Å². The fraction of sp³-hybridized carbons (Fsp3) is 0.433. The number of hydrogen-bond donors (Lipinski definition) is 1. The molecule has 1 amide bonds. The number of likely N-dealkylation sites (N-methyl/N-ethyl adjacent to an activating group) is 1. The number of ether oxygens (including phenoxy) is 2. The Hall–Kier alpha value is -3.27. The highest BCUT2D eigenvalue weighted by atomic mass is 32.1. The van der Waals surface area contributed by atoms with Crippen molar-refractivity contribution in [3.8, 4) is 17.0 Å². The van der Waals surface area contributed by atoms with E-state index in [2.05, 4.69) is 7.05 Å². The number of aromatic nitrogens is 1. The van der Waals surface area contributed by atoms with Gasteiger partial charge in [-0.1, -0.05) is 24.3 Å². The van der Waals surface area contributed by atoms with Gasteiger partial charge in [0, 0.05) is 24.4 Å². The van der Waals surface area contributed by atoms with Crippen LogP contribution in [0.15, 0.2) is 53.9 Å². The third-order valence-electron chi connectivity index (χ3n) is 8.01. The van der Waals surface area contributed by atoms with Crippen molar-refractivity contribution in [3.63, 3.8) is 0 Å². The van der Waals surface area contributed by atoms with Crippen molar-refractivity contribution in [2.45, 2.75) is 25.7 Å². The number of carbonyl (C=O) groups excluding carboxylic acids is 1. The fourth-order valence-electron chi connectivity index (χ4n) is 5.69. The van der Waals surface area contributed by atoms with Gasteiger partial charge in [0.25, 0.3) is 0 Å². The number of aliphatic carboxylic acids is 1. The molecule has 2 aromatic carbocycles. The van der Waals surface area contributed by atoms with Crippen LogP contribution >= 0.6 is 11.3 Å². The first-order valence-corrected chi connectivity index (χ1v) is 14.3. The van der Waals surface area contributed by atoms with Gasteiger partial charge in [-0.25, -0.2) is 4.98 Å². The van der Waals surface area contributed by atoms with E-state index in [4.69, 9.17) is 14.5 Å². The van der Waals surface area contributed by atoms with Gasteiger partial charge in [0.05, 0.1) is 50.9 Å². The van der Waals surface area contributed by atoms with E-state index in [0.29, 0.717) is 24.6 Å². The van der Waals surface area contributed by atoms with Crippen LogP contribution in [-0.4, -0.2) is 80.0 Å². The first-order chi connectivity index (χ1) is 18.8. The molecule has 0 saturated carbocycles. The highest BCUT2D eigenvalue weighted by molar-refractivity contribution is 7.14. The molecule has 8 nitrogen and oxygen atoms in total. The van der Waals surface area contributed by atoms with Crippen LogP contribution in [0.25, 0.3) is 11.3 Å². The van der Waals surface area contributed by atoms with Crippen molar-refractivity contribution in [2.75, 3.05) is 58.5 Å². The Labute approximate surface area is 233 Å². The summed E-state index contributed by atoms with van der Waals surface area (Å²) >= 11 is 1.38. The van der Waals surface area contributed by atoms with Crippen LogP contribution in [0, 0.1) is 5.41 Å². The molecule has 0 atom stereocenters. The van der Waals surface area contributed by atoms with Crippen LogP contribution in [0.4, 0.5) is 5.13 Å². The van der Waals surface area contributed by atoms with E-state index in [1.54, 1.807) is 7.05 Å². The third kappa shape index (κ3) is 6.16. The van der Waals surface area contributed by atoms with Gasteiger partial charge in [-0.2, -0.15) is 0 Å². The van der Waals surface area contributed by atoms with Crippen molar-refractivity contribution in [2.24, 2.45) is 5.41 Å². The van der Waals surface area contributed by atoms with Gasteiger partial charge in [-0.3, -0.25) is 14.5 Å². The Kier molecular flexibility index (Phi) is 8.02. The third-order valence-corrected chi connectivity index (χ3v) is 8.93. The van der Waals surface area contributed by atoms with E-state index >= 15 is 0 Å². The normalized spacial score (nSPS) is 17.4. The average molecular weight is 551 g/mol. The summed E-state index contributed by atoms with van der Waals surface area (Å²) < 4.78 is 12.5. The van der Waals surface area contributed by atoms with Crippen molar-refractivity contribution in [1.82, 2.24) is 4.98 Å². The van der Waals surface area contributed by atoms with Crippen molar-refractivity contribution < 1.29 is 28.7 Å². The maximum atomic E-state index is 13.7. The molecule has 0 spiro atoms. The molecule has 1 fully saturated rings. The van der Waals surface area contributed by atoms with Crippen molar-refractivity contribution in [3.05, 3.63) is 65.0 Å². The van der Waals surface area contributed by atoms with Crippen LogP contribution in [0.5, 0.6) is 5.75 Å². The van der Waals surface area contributed by atoms with E-state index in [9.17, 15) is 14.7 Å². The standard InChI is InChI=1S/C30H35N3O5S/c1-32(28(36)30(20-27(34)35)18-23-6-3-4-7-24(23)19-30)29-31-26(21-39-29)22-8-10-25(11-9-22)38-15-5-12-33(2)13-16-37-17-14-33/h3-4,6-11,21H,5,12-20H2,1-2H3/p+1. The number of thiazole rings is 1. The molecule has 0 radical (unpaired) electrons. The summed E-state index contributed by atoms with van der Waals surface area (Å²) in [6, 6.07) is 15.7. The van der Waals surface area contributed by atoms with E-state index in [1.165, 1.54) is 16.2 Å². The Morgan fingerprint density at radius 2 is 1.77 bits per heavy atom. The minimum Gasteiger partial charge on any atom is -0.493 e. The van der Waals surface area contributed by atoms with Gasteiger partial charge in [0.15, 0.2) is 5.13 Å². The second-order valence-electron chi connectivity index (χ2n) is 11.0. The highest BCUT2D eigenvalue weighted by Crippen LogP contribution is 2.42. The Morgan fingerprint density at radius 3 is 2.41 bits per heavy atom. The molecule has 1 aliphatic carbocycles. The summed E-state index contributed by atoms with van der Waals surface area (Å²) in [6.45, 7) is 5.52. The molecule has 3 aromatic rings. The van der Waals surface area contributed by atoms with E-state index in [-0.39, 0.29) is 12.3 Å². The summed E-state index contributed by atoms with van der Waals surface area (Å²) in [5.41, 5.74) is 2.79. The lowest BCUT2D eigenvalue weighted by Gasteiger charge is -2.37. The second-order valence-corrected chi connectivity index (χ2v) is 11.8. The lowest BCUT2D eigenvalue weighted by atomic mass is 9.80. The Morgan fingerprint density at radius 1 is 1.10 bits per heavy atom. The SMILES string of the molecule is CN(C(=O)C1(CC(=O)O)Cc2ccccc2C1)c1nc(-c2ccc(OCCC[N+]3(C)CCOCC3)cc2)cs1. The first-order valence-electron chi connectivity index (χ1n) is 13.4. The molecule has 2 aliphatic rings. The zero-order valence-corrected chi connectivity index (χ0v) is 23.4. The molecular formula is C30H36N3O5S+. The summed E-state index contributed by atoms with van der Waals surface area (Å²) in [5.74, 6) is -0.356. The zero-order chi connectivity index (χ0) is 27.5. The van der Waals surface area contributed by atoms with E-state index < -0.39 is 11.4 Å². The molecule has 5 rings (SSSR count). The maximum absolute atomic E-state index is 13.7. The lowest BCUT2D eigenvalue weighted by Crippen LogP contribution is -2.52. The van der Waals surface area contributed by atoms with Gasteiger partial charge in [0.1, 0.15) is 18.8 Å². The van der Waals surface area contributed by atoms with Gasteiger partial charge in [-0.05, 0) is 48.2 Å². The summed E-state index contributed by atoms with van der Waals surface area (Å²) in [6.07, 6.45) is 1.62. The quantitative estimate of drug-likeness (QED) is 0.300. The highest BCUT2D eigenvalue weighted by Gasteiger charge is 2.47. The molecule has 1 aliphatic heterocycles. The Balaban J connectivity index is 1.20. The number of hydrogen-bond acceptors (Lipinski definition) is 6. The number of quaternary nitrogens is 1. The number of carboxylic acids is 1. The monoisotopic (exact) mass is 550 g/mol.